The molecule has 1 unspecified atom stereocenters. The maximum Gasteiger partial charge on any atom is 0.234 e. The van der Waals surface area contributed by atoms with E-state index in [9.17, 15) is 14.0 Å². The summed E-state index contributed by atoms with van der Waals surface area (Å²) in [5, 5.41) is 2.21. The molecule has 1 saturated heterocycles. The molecule has 1 heterocycles. The molecule has 1 atom stereocenters. The first-order valence-corrected chi connectivity index (χ1v) is 5.66. The third-order valence-corrected chi connectivity index (χ3v) is 3.21. The maximum absolute atomic E-state index is 13.7. The second kappa shape index (κ2) is 4.33. The van der Waals surface area contributed by atoms with E-state index < -0.39 is 17.6 Å². The number of hydrogen-bond donors (Lipinski definition) is 1. The summed E-state index contributed by atoms with van der Waals surface area (Å²) in [7, 11) is 0. The van der Waals surface area contributed by atoms with Gasteiger partial charge in [0.2, 0.25) is 11.8 Å². The van der Waals surface area contributed by atoms with E-state index in [1.165, 1.54) is 0 Å². The van der Waals surface area contributed by atoms with Crippen molar-refractivity contribution >= 4 is 27.7 Å². The molecule has 1 aromatic rings. The minimum atomic E-state index is -0.574. The highest BCUT2D eigenvalue weighted by Gasteiger charge is 2.30. The second-order valence-electron chi connectivity index (χ2n) is 3.65. The van der Waals surface area contributed by atoms with Crippen molar-refractivity contribution in [2.24, 2.45) is 0 Å². The standard InChI is InChI=1S/C11H9BrFNO2/c12-8-3-1-2-6(10(8)13)7-4-5-9(15)14-11(7)16/h1-3,7H,4-5H2,(H,14,15,16). The van der Waals surface area contributed by atoms with Crippen molar-refractivity contribution in [3.63, 3.8) is 0 Å². The summed E-state index contributed by atoms with van der Waals surface area (Å²) in [5.74, 6) is -1.72. The predicted octanol–water partition coefficient (Wildman–Crippen LogP) is 2.11. The quantitative estimate of drug-likeness (QED) is 0.804. The molecule has 1 N–H and O–H groups in total. The maximum atomic E-state index is 13.7. The van der Waals surface area contributed by atoms with Crippen LogP contribution in [-0.2, 0) is 9.59 Å². The van der Waals surface area contributed by atoms with Crippen LogP contribution in [0.15, 0.2) is 22.7 Å². The zero-order valence-corrected chi connectivity index (χ0v) is 9.88. The number of halogens is 2. The van der Waals surface area contributed by atoms with Gasteiger partial charge in [-0.3, -0.25) is 14.9 Å². The van der Waals surface area contributed by atoms with Gasteiger partial charge in [0.15, 0.2) is 0 Å². The Kier molecular flexibility index (Phi) is 3.05. The molecule has 1 aliphatic heterocycles. The summed E-state index contributed by atoms with van der Waals surface area (Å²) in [5.41, 5.74) is 0.333. The van der Waals surface area contributed by atoms with Gasteiger partial charge in [0.05, 0.1) is 10.4 Å². The molecule has 5 heteroatoms. The number of nitrogens with one attached hydrogen (secondary N) is 1. The lowest BCUT2D eigenvalue weighted by Crippen LogP contribution is -2.39. The summed E-state index contributed by atoms with van der Waals surface area (Å²) in [6.45, 7) is 0. The largest absolute Gasteiger partial charge is 0.296 e. The van der Waals surface area contributed by atoms with E-state index in [1.54, 1.807) is 18.2 Å². The van der Waals surface area contributed by atoms with Crippen molar-refractivity contribution in [1.29, 1.82) is 0 Å². The third-order valence-electron chi connectivity index (χ3n) is 2.60. The number of rotatable bonds is 1. The van der Waals surface area contributed by atoms with Crippen molar-refractivity contribution < 1.29 is 14.0 Å². The predicted molar refractivity (Wildman–Crippen MR) is 59.2 cm³/mol. The Morgan fingerprint density at radius 1 is 1.38 bits per heavy atom. The van der Waals surface area contributed by atoms with Crippen LogP contribution < -0.4 is 5.32 Å². The average molecular weight is 286 g/mol. The lowest BCUT2D eigenvalue weighted by molar-refractivity contribution is -0.134. The third kappa shape index (κ3) is 2.00. The highest BCUT2D eigenvalue weighted by molar-refractivity contribution is 9.10. The van der Waals surface area contributed by atoms with Crippen LogP contribution in [0.25, 0.3) is 0 Å². The summed E-state index contributed by atoms with van der Waals surface area (Å²) in [6.07, 6.45) is 0.612. The first-order chi connectivity index (χ1) is 7.59. The molecule has 0 radical (unpaired) electrons. The van der Waals surface area contributed by atoms with Crippen LogP contribution in [0.2, 0.25) is 0 Å². The van der Waals surface area contributed by atoms with Crippen LogP contribution in [0.5, 0.6) is 0 Å². The molecule has 2 amide bonds. The topological polar surface area (TPSA) is 46.2 Å². The molecule has 1 aliphatic rings. The SMILES string of the molecule is O=C1CCC(c2cccc(Br)c2F)C(=O)N1. The van der Waals surface area contributed by atoms with Gasteiger partial charge in [-0.1, -0.05) is 12.1 Å². The molecule has 0 aromatic heterocycles. The smallest absolute Gasteiger partial charge is 0.234 e. The van der Waals surface area contributed by atoms with E-state index in [4.69, 9.17) is 0 Å². The Hall–Kier alpha value is -1.23. The minimum absolute atomic E-state index is 0.252. The first kappa shape index (κ1) is 11.3. The lowest BCUT2D eigenvalue weighted by atomic mass is 9.90. The molecule has 0 saturated carbocycles. The summed E-state index contributed by atoms with van der Waals surface area (Å²) >= 11 is 3.07. The van der Waals surface area contributed by atoms with Gasteiger partial charge in [0.1, 0.15) is 5.82 Å². The zero-order chi connectivity index (χ0) is 11.7. The molecule has 2 rings (SSSR count). The molecule has 1 aromatic carbocycles. The van der Waals surface area contributed by atoms with E-state index in [1.807, 2.05) is 0 Å². The van der Waals surface area contributed by atoms with Gasteiger partial charge in [-0.25, -0.2) is 4.39 Å². The summed E-state index contributed by atoms with van der Waals surface area (Å²) in [6, 6.07) is 4.82. The van der Waals surface area contributed by atoms with Crippen molar-refractivity contribution in [2.45, 2.75) is 18.8 Å². The summed E-state index contributed by atoms with van der Waals surface area (Å²) < 4.78 is 14.1. The molecular formula is C11H9BrFNO2. The molecule has 84 valence electrons. The van der Waals surface area contributed by atoms with Crippen LogP contribution in [0.1, 0.15) is 24.3 Å². The van der Waals surface area contributed by atoms with E-state index in [2.05, 4.69) is 21.2 Å². The monoisotopic (exact) mass is 285 g/mol. The fraction of sp³-hybridized carbons (Fsp3) is 0.273. The van der Waals surface area contributed by atoms with Gasteiger partial charge in [0, 0.05) is 12.0 Å². The Morgan fingerprint density at radius 2 is 2.12 bits per heavy atom. The van der Waals surface area contributed by atoms with Crippen LogP contribution in [0.3, 0.4) is 0 Å². The van der Waals surface area contributed by atoms with Gasteiger partial charge in [-0.15, -0.1) is 0 Å². The molecular weight excluding hydrogens is 277 g/mol. The van der Waals surface area contributed by atoms with Gasteiger partial charge >= 0.3 is 0 Å². The van der Waals surface area contributed by atoms with Crippen LogP contribution in [0, 0.1) is 5.82 Å². The van der Waals surface area contributed by atoms with Gasteiger partial charge < -0.3 is 0 Å². The van der Waals surface area contributed by atoms with Gasteiger partial charge in [0.25, 0.3) is 0 Å². The van der Waals surface area contributed by atoms with Crippen LogP contribution in [0.4, 0.5) is 4.39 Å². The van der Waals surface area contributed by atoms with Crippen LogP contribution >= 0.6 is 15.9 Å². The van der Waals surface area contributed by atoms with Gasteiger partial charge in [-0.2, -0.15) is 0 Å². The Labute approximate surface area is 100 Å². The molecule has 1 fully saturated rings. The van der Waals surface area contributed by atoms with E-state index in [-0.39, 0.29) is 12.3 Å². The molecule has 16 heavy (non-hydrogen) atoms. The van der Waals surface area contributed by atoms with E-state index >= 15 is 0 Å². The number of amides is 2. The number of carbonyl (C=O) groups is 2. The van der Waals surface area contributed by atoms with Crippen LogP contribution in [-0.4, -0.2) is 11.8 Å². The number of benzene rings is 1. The normalized spacial score (nSPS) is 20.8. The van der Waals surface area contributed by atoms with E-state index in [0.29, 0.717) is 16.5 Å². The molecule has 0 spiro atoms. The van der Waals surface area contributed by atoms with Crippen molar-refractivity contribution in [3.05, 3.63) is 34.1 Å². The van der Waals surface area contributed by atoms with Crippen molar-refractivity contribution in [2.75, 3.05) is 0 Å². The highest BCUT2D eigenvalue weighted by atomic mass is 79.9. The number of imide groups is 1. The number of piperidine rings is 1. The summed E-state index contributed by atoms with van der Waals surface area (Å²) in [4.78, 5) is 22.5. The fourth-order valence-corrected chi connectivity index (χ4v) is 2.16. The molecule has 0 aliphatic carbocycles. The van der Waals surface area contributed by atoms with Crippen molar-refractivity contribution in [1.82, 2.24) is 5.32 Å². The second-order valence-corrected chi connectivity index (χ2v) is 4.50. The zero-order valence-electron chi connectivity index (χ0n) is 8.30. The van der Waals surface area contributed by atoms with E-state index in [0.717, 1.165) is 0 Å². The number of hydrogen-bond acceptors (Lipinski definition) is 2. The minimum Gasteiger partial charge on any atom is -0.296 e. The molecule has 0 bridgehead atoms. The highest BCUT2D eigenvalue weighted by Crippen LogP contribution is 2.29. The fourth-order valence-electron chi connectivity index (χ4n) is 1.78. The number of carbonyl (C=O) groups excluding carboxylic acids is 2. The van der Waals surface area contributed by atoms with Gasteiger partial charge in [-0.05, 0) is 28.4 Å². The van der Waals surface area contributed by atoms with Crippen molar-refractivity contribution in [3.8, 4) is 0 Å². The lowest BCUT2D eigenvalue weighted by Gasteiger charge is -2.21. The Morgan fingerprint density at radius 3 is 2.81 bits per heavy atom. The average Bonchev–Trinajstić information content (AvgIpc) is 2.23. The first-order valence-electron chi connectivity index (χ1n) is 4.87. The Bertz CT molecular complexity index is 461. The Balaban J connectivity index is 2.34. The molecule has 3 nitrogen and oxygen atoms in total.